The minimum atomic E-state index is -0.652. The first-order valence-corrected chi connectivity index (χ1v) is 7.39. The Morgan fingerprint density at radius 3 is 2.96 bits per heavy atom. The molecule has 1 saturated heterocycles. The topological polar surface area (TPSA) is 85.3 Å². The lowest BCUT2D eigenvalue weighted by molar-refractivity contribution is 0.00812. The van der Waals surface area contributed by atoms with Gasteiger partial charge in [-0.1, -0.05) is 0 Å². The highest BCUT2D eigenvalue weighted by Crippen LogP contribution is 2.37. The Morgan fingerprint density at radius 2 is 2.22 bits per heavy atom. The lowest BCUT2D eigenvalue weighted by Crippen LogP contribution is -2.60. The van der Waals surface area contributed by atoms with Crippen molar-refractivity contribution in [2.75, 3.05) is 26.4 Å². The van der Waals surface area contributed by atoms with Gasteiger partial charge in [-0.05, 0) is 12.1 Å². The molecule has 1 unspecified atom stereocenters. The Balaban J connectivity index is 1.90. The quantitative estimate of drug-likeness (QED) is 0.861. The fourth-order valence-corrected chi connectivity index (χ4v) is 3.04. The maximum Gasteiger partial charge on any atom is 0.232 e. The van der Waals surface area contributed by atoms with E-state index >= 15 is 0 Å². The molecule has 0 saturated carbocycles. The van der Waals surface area contributed by atoms with Crippen LogP contribution in [-0.2, 0) is 15.0 Å². The molecule has 1 atom stereocenters. The van der Waals surface area contributed by atoms with Crippen molar-refractivity contribution in [3.05, 3.63) is 60.5 Å². The van der Waals surface area contributed by atoms with Crippen molar-refractivity contribution in [1.82, 2.24) is 30.4 Å². The first kappa shape index (κ1) is 13.9. The van der Waals surface area contributed by atoms with Crippen LogP contribution in [0, 0.1) is 0 Å². The molecule has 0 spiro atoms. The van der Waals surface area contributed by atoms with E-state index in [1.807, 2.05) is 12.1 Å². The van der Waals surface area contributed by atoms with Crippen LogP contribution in [-0.4, -0.2) is 51.5 Å². The Bertz CT molecular complexity index is 654. The van der Waals surface area contributed by atoms with Crippen LogP contribution in [0.2, 0.25) is 0 Å². The highest BCUT2D eigenvalue weighted by atomic mass is 16.7. The molecule has 2 aliphatic heterocycles. The van der Waals surface area contributed by atoms with Gasteiger partial charge in [0.25, 0.3) is 0 Å². The number of aromatic nitrogens is 4. The van der Waals surface area contributed by atoms with Crippen LogP contribution in [0.15, 0.2) is 49.1 Å². The van der Waals surface area contributed by atoms with Crippen molar-refractivity contribution in [1.29, 1.82) is 0 Å². The third-order valence-electron chi connectivity index (χ3n) is 4.06. The third kappa shape index (κ3) is 2.27. The van der Waals surface area contributed by atoms with Gasteiger partial charge in [-0.25, -0.2) is 0 Å². The molecule has 1 fully saturated rings. The Hall–Kier alpha value is -2.74. The van der Waals surface area contributed by atoms with Crippen LogP contribution < -0.4 is 5.32 Å². The Labute approximate surface area is 133 Å². The zero-order chi connectivity index (χ0) is 15.5. The molecule has 2 aromatic rings. The SMILES string of the molecule is C1=C(N2CCNCC2(c2cnccn2)c2cccnn2)OCO1. The zero-order valence-corrected chi connectivity index (χ0v) is 12.4. The minimum absolute atomic E-state index is 0.219. The summed E-state index contributed by atoms with van der Waals surface area (Å²) in [5, 5.41) is 11.8. The summed E-state index contributed by atoms with van der Waals surface area (Å²) < 4.78 is 10.9. The molecule has 23 heavy (non-hydrogen) atoms. The lowest BCUT2D eigenvalue weighted by Gasteiger charge is -2.46. The van der Waals surface area contributed by atoms with Gasteiger partial charge in [0.05, 0.1) is 17.6 Å². The van der Waals surface area contributed by atoms with Gasteiger partial charge in [0.15, 0.2) is 0 Å². The van der Waals surface area contributed by atoms with Gasteiger partial charge in [-0.15, -0.1) is 0 Å². The van der Waals surface area contributed by atoms with Crippen molar-refractivity contribution in [2.45, 2.75) is 5.54 Å². The molecular formula is C15H16N6O2. The van der Waals surface area contributed by atoms with Crippen LogP contribution in [0.25, 0.3) is 0 Å². The number of piperazine rings is 1. The van der Waals surface area contributed by atoms with Gasteiger partial charge < -0.3 is 19.7 Å². The predicted octanol–water partition coefficient (Wildman–Crippen LogP) is 0.219. The fraction of sp³-hybridized carbons (Fsp3) is 0.333. The van der Waals surface area contributed by atoms with E-state index in [0.717, 1.165) is 24.5 Å². The average Bonchev–Trinajstić information content (AvgIpc) is 3.17. The number of nitrogens with one attached hydrogen (secondary N) is 1. The van der Waals surface area contributed by atoms with Crippen LogP contribution in [0.5, 0.6) is 0 Å². The molecular weight excluding hydrogens is 296 g/mol. The standard InChI is InChI=1S/C15H16N6O2/c1-2-12(20-19-3-1)15(13-8-16-4-5-18-13)10-17-6-7-21(15)14-9-22-11-23-14/h1-5,8-9,17H,6-7,10-11H2. The maximum absolute atomic E-state index is 5.63. The first-order valence-electron chi connectivity index (χ1n) is 7.39. The molecule has 8 heteroatoms. The van der Waals surface area contributed by atoms with Gasteiger partial charge in [0.2, 0.25) is 12.7 Å². The molecule has 2 aromatic heterocycles. The number of ether oxygens (including phenoxy) is 2. The summed E-state index contributed by atoms with van der Waals surface area (Å²) in [6.07, 6.45) is 8.38. The summed E-state index contributed by atoms with van der Waals surface area (Å²) in [7, 11) is 0. The zero-order valence-electron chi connectivity index (χ0n) is 12.4. The number of nitrogens with zero attached hydrogens (tertiary/aromatic N) is 5. The summed E-state index contributed by atoms with van der Waals surface area (Å²) in [4.78, 5) is 10.9. The first-order chi connectivity index (χ1) is 11.4. The van der Waals surface area contributed by atoms with E-state index in [-0.39, 0.29) is 6.79 Å². The van der Waals surface area contributed by atoms with E-state index in [1.165, 1.54) is 0 Å². The van der Waals surface area contributed by atoms with Crippen LogP contribution in [0.3, 0.4) is 0 Å². The molecule has 118 valence electrons. The predicted molar refractivity (Wildman–Crippen MR) is 79.5 cm³/mol. The van der Waals surface area contributed by atoms with Crippen LogP contribution in [0.1, 0.15) is 11.4 Å². The van der Waals surface area contributed by atoms with Crippen molar-refractivity contribution >= 4 is 0 Å². The molecule has 0 amide bonds. The van der Waals surface area contributed by atoms with Gasteiger partial charge in [0.1, 0.15) is 11.8 Å². The molecule has 1 N–H and O–H groups in total. The summed E-state index contributed by atoms with van der Waals surface area (Å²) in [5.74, 6) is 0.669. The highest BCUT2D eigenvalue weighted by Gasteiger charge is 2.47. The number of hydrogen-bond acceptors (Lipinski definition) is 8. The minimum Gasteiger partial charge on any atom is -0.459 e. The summed E-state index contributed by atoms with van der Waals surface area (Å²) >= 11 is 0. The van der Waals surface area contributed by atoms with E-state index in [2.05, 4.69) is 30.4 Å². The van der Waals surface area contributed by atoms with Gasteiger partial charge in [0, 0.05) is 38.2 Å². The molecule has 0 aliphatic carbocycles. The summed E-state index contributed by atoms with van der Waals surface area (Å²) in [6, 6.07) is 3.81. The molecule has 0 radical (unpaired) electrons. The molecule has 4 rings (SSSR count). The molecule has 0 bridgehead atoms. The number of hydrogen-bond donors (Lipinski definition) is 1. The molecule has 8 nitrogen and oxygen atoms in total. The second-order valence-electron chi connectivity index (χ2n) is 5.27. The van der Waals surface area contributed by atoms with Gasteiger partial charge >= 0.3 is 0 Å². The second kappa shape index (κ2) is 5.81. The van der Waals surface area contributed by atoms with E-state index in [1.54, 1.807) is 31.0 Å². The molecule has 4 heterocycles. The smallest absolute Gasteiger partial charge is 0.232 e. The van der Waals surface area contributed by atoms with Crippen LogP contribution in [0.4, 0.5) is 0 Å². The monoisotopic (exact) mass is 312 g/mol. The van der Waals surface area contributed by atoms with E-state index in [4.69, 9.17) is 9.47 Å². The number of rotatable bonds is 3. The van der Waals surface area contributed by atoms with E-state index < -0.39 is 5.54 Å². The van der Waals surface area contributed by atoms with Crippen molar-refractivity contribution < 1.29 is 9.47 Å². The normalized spacial score (nSPS) is 23.8. The van der Waals surface area contributed by atoms with Crippen molar-refractivity contribution in [3.63, 3.8) is 0 Å². The largest absolute Gasteiger partial charge is 0.459 e. The fourth-order valence-electron chi connectivity index (χ4n) is 3.04. The highest BCUT2D eigenvalue weighted by molar-refractivity contribution is 5.32. The second-order valence-corrected chi connectivity index (χ2v) is 5.27. The Morgan fingerprint density at radius 1 is 1.22 bits per heavy atom. The lowest BCUT2D eigenvalue weighted by atomic mass is 9.87. The van der Waals surface area contributed by atoms with E-state index in [9.17, 15) is 0 Å². The third-order valence-corrected chi connectivity index (χ3v) is 4.06. The van der Waals surface area contributed by atoms with Gasteiger partial charge in [-0.2, -0.15) is 10.2 Å². The molecule has 0 aromatic carbocycles. The van der Waals surface area contributed by atoms with Crippen molar-refractivity contribution in [2.24, 2.45) is 0 Å². The maximum atomic E-state index is 5.63. The molecule has 2 aliphatic rings. The van der Waals surface area contributed by atoms with E-state index in [0.29, 0.717) is 12.4 Å². The Kier molecular flexibility index (Phi) is 3.51. The van der Waals surface area contributed by atoms with Crippen molar-refractivity contribution in [3.8, 4) is 0 Å². The summed E-state index contributed by atoms with van der Waals surface area (Å²) in [6.45, 7) is 2.38. The van der Waals surface area contributed by atoms with Gasteiger partial charge in [-0.3, -0.25) is 9.97 Å². The summed E-state index contributed by atoms with van der Waals surface area (Å²) in [5.41, 5.74) is 0.911. The van der Waals surface area contributed by atoms with Crippen LogP contribution >= 0.6 is 0 Å². The average molecular weight is 312 g/mol.